The van der Waals surface area contributed by atoms with E-state index in [0.29, 0.717) is 19.3 Å². The van der Waals surface area contributed by atoms with Crippen molar-refractivity contribution >= 4 is 17.9 Å². The molecular formula is C63H122O6. The molecule has 410 valence electrons. The molecule has 0 aromatic carbocycles. The lowest BCUT2D eigenvalue weighted by Gasteiger charge is -2.18. The first kappa shape index (κ1) is 67.4. The van der Waals surface area contributed by atoms with Gasteiger partial charge in [0, 0.05) is 19.3 Å². The van der Waals surface area contributed by atoms with Crippen LogP contribution in [0.3, 0.4) is 0 Å². The lowest BCUT2D eigenvalue weighted by atomic mass is 9.99. The molecule has 0 radical (unpaired) electrons. The molecular weight excluding hydrogens is 853 g/mol. The van der Waals surface area contributed by atoms with E-state index in [1.807, 2.05) is 0 Å². The molecule has 0 N–H and O–H groups in total. The lowest BCUT2D eigenvalue weighted by molar-refractivity contribution is -0.167. The zero-order chi connectivity index (χ0) is 50.4. The minimum Gasteiger partial charge on any atom is -0.462 e. The highest BCUT2D eigenvalue weighted by atomic mass is 16.6. The highest BCUT2D eigenvalue weighted by molar-refractivity contribution is 5.71. The average molecular weight is 976 g/mol. The maximum absolute atomic E-state index is 12.9. The second-order valence-electron chi connectivity index (χ2n) is 22.4. The van der Waals surface area contributed by atoms with Crippen LogP contribution in [0.15, 0.2) is 0 Å². The summed E-state index contributed by atoms with van der Waals surface area (Å²) in [4.78, 5) is 38.3. The van der Waals surface area contributed by atoms with E-state index in [0.717, 1.165) is 69.6 Å². The molecule has 0 saturated carbocycles. The Morgan fingerprint density at radius 1 is 0.304 bits per heavy atom. The molecule has 0 amide bonds. The van der Waals surface area contributed by atoms with Gasteiger partial charge in [-0.05, 0) is 31.1 Å². The average Bonchev–Trinajstić information content (AvgIpc) is 3.34. The predicted octanol–water partition coefficient (Wildman–Crippen LogP) is 20.8. The molecule has 0 aromatic rings. The minimum atomic E-state index is -0.763. The number of hydrogen-bond donors (Lipinski definition) is 0. The SMILES string of the molecule is CCCCCCCCCCCCCCCCCCC(=O)O[C@H](COC(=O)CCCCCCCCCCCCCCCCCCCCC(C)C)COC(=O)CCCCCCCCCCCCC(C)CC. The highest BCUT2D eigenvalue weighted by Crippen LogP contribution is 2.19. The Hall–Kier alpha value is -1.59. The van der Waals surface area contributed by atoms with Crippen molar-refractivity contribution in [1.29, 1.82) is 0 Å². The molecule has 0 fully saturated rings. The quantitative estimate of drug-likeness (QED) is 0.0343. The second-order valence-corrected chi connectivity index (χ2v) is 22.4. The fourth-order valence-electron chi connectivity index (χ4n) is 9.73. The maximum atomic E-state index is 12.9. The smallest absolute Gasteiger partial charge is 0.306 e. The van der Waals surface area contributed by atoms with Crippen molar-refractivity contribution in [1.82, 2.24) is 0 Å². The van der Waals surface area contributed by atoms with Gasteiger partial charge in [0.05, 0.1) is 0 Å². The summed E-state index contributed by atoms with van der Waals surface area (Å²) < 4.78 is 16.9. The van der Waals surface area contributed by atoms with Crippen LogP contribution in [0.25, 0.3) is 0 Å². The summed E-state index contributed by atoms with van der Waals surface area (Å²) in [6.07, 6.45) is 60.9. The number of ether oxygens (including phenoxy) is 3. The Balaban J connectivity index is 4.26. The van der Waals surface area contributed by atoms with E-state index in [9.17, 15) is 14.4 Å². The number of unbranched alkanes of at least 4 members (excludes halogenated alkanes) is 41. The molecule has 2 atom stereocenters. The van der Waals surface area contributed by atoms with Crippen molar-refractivity contribution in [2.45, 2.75) is 362 Å². The molecule has 0 aliphatic rings. The summed E-state index contributed by atoms with van der Waals surface area (Å²) >= 11 is 0. The Morgan fingerprint density at radius 3 is 0.826 bits per heavy atom. The van der Waals surface area contributed by atoms with Crippen molar-refractivity contribution in [3.05, 3.63) is 0 Å². The van der Waals surface area contributed by atoms with Crippen molar-refractivity contribution in [2.75, 3.05) is 13.2 Å². The summed E-state index contributed by atoms with van der Waals surface area (Å²) in [7, 11) is 0. The molecule has 0 saturated heterocycles. The van der Waals surface area contributed by atoms with E-state index in [1.54, 1.807) is 0 Å². The first-order valence-electron chi connectivity index (χ1n) is 31.3. The van der Waals surface area contributed by atoms with Gasteiger partial charge >= 0.3 is 17.9 Å². The van der Waals surface area contributed by atoms with Gasteiger partial charge in [0.1, 0.15) is 13.2 Å². The third-order valence-electron chi connectivity index (χ3n) is 14.8. The molecule has 6 nitrogen and oxygen atoms in total. The van der Waals surface area contributed by atoms with Crippen LogP contribution in [0, 0.1) is 11.8 Å². The van der Waals surface area contributed by atoms with Crippen LogP contribution in [0.5, 0.6) is 0 Å². The fourth-order valence-corrected chi connectivity index (χ4v) is 9.73. The Morgan fingerprint density at radius 2 is 0.551 bits per heavy atom. The van der Waals surface area contributed by atoms with E-state index in [4.69, 9.17) is 14.2 Å². The highest BCUT2D eigenvalue weighted by Gasteiger charge is 2.19. The standard InChI is InChI=1S/C63H122O6/c1-6-8-9-10-11-12-13-14-15-21-25-28-35-40-45-50-55-63(66)69-60(57-68-62(65)54-49-44-39-34-30-29-32-37-42-47-52-59(5)7-2)56-67-61(64)53-48-43-38-33-27-24-22-19-17-16-18-20-23-26-31-36-41-46-51-58(3)4/h58-60H,6-57H2,1-5H3/t59?,60-/m1/s1. The first-order chi connectivity index (χ1) is 33.8. The molecule has 0 aliphatic heterocycles. The van der Waals surface area contributed by atoms with Crippen LogP contribution in [-0.4, -0.2) is 37.2 Å². The van der Waals surface area contributed by atoms with Gasteiger partial charge in [-0.15, -0.1) is 0 Å². The molecule has 0 aliphatic carbocycles. The molecule has 0 aromatic heterocycles. The molecule has 69 heavy (non-hydrogen) atoms. The third kappa shape index (κ3) is 55.6. The van der Waals surface area contributed by atoms with E-state index >= 15 is 0 Å². The zero-order valence-electron chi connectivity index (χ0n) is 47.5. The van der Waals surface area contributed by atoms with Gasteiger partial charge in [-0.25, -0.2) is 0 Å². The van der Waals surface area contributed by atoms with Gasteiger partial charge in [-0.3, -0.25) is 14.4 Å². The van der Waals surface area contributed by atoms with Gasteiger partial charge in [0.15, 0.2) is 6.10 Å². The van der Waals surface area contributed by atoms with E-state index in [-0.39, 0.29) is 31.1 Å². The van der Waals surface area contributed by atoms with Crippen LogP contribution in [0.2, 0.25) is 0 Å². The van der Waals surface area contributed by atoms with Gasteiger partial charge in [0.25, 0.3) is 0 Å². The van der Waals surface area contributed by atoms with E-state index < -0.39 is 6.10 Å². The topological polar surface area (TPSA) is 78.9 Å². The van der Waals surface area contributed by atoms with Crippen LogP contribution >= 0.6 is 0 Å². The lowest BCUT2D eigenvalue weighted by Crippen LogP contribution is -2.30. The van der Waals surface area contributed by atoms with Crippen molar-refractivity contribution in [3.8, 4) is 0 Å². The van der Waals surface area contributed by atoms with E-state index in [1.165, 1.54) is 244 Å². The molecule has 6 heteroatoms. The molecule has 0 bridgehead atoms. The normalized spacial score (nSPS) is 12.4. The minimum absolute atomic E-state index is 0.0621. The summed E-state index contributed by atoms with van der Waals surface area (Å²) in [6, 6.07) is 0. The predicted molar refractivity (Wildman–Crippen MR) is 298 cm³/mol. The largest absolute Gasteiger partial charge is 0.462 e. The van der Waals surface area contributed by atoms with Crippen molar-refractivity contribution < 1.29 is 28.6 Å². The van der Waals surface area contributed by atoms with Crippen LogP contribution in [0.1, 0.15) is 356 Å². The monoisotopic (exact) mass is 975 g/mol. The van der Waals surface area contributed by atoms with Gasteiger partial charge in [0.2, 0.25) is 0 Å². The Kier molecular flexibility index (Phi) is 54.4. The fraction of sp³-hybridized carbons (Fsp3) is 0.952. The number of carbonyl (C=O) groups excluding carboxylic acids is 3. The second kappa shape index (κ2) is 55.7. The number of hydrogen-bond acceptors (Lipinski definition) is 6. The van der Waals surface area contributed by atoms with Crippen molar-refractivity contribution in [2.24, 2.45) is 11.8 Å². The number of carbonyl (C=O) groups is 3. The molecule has 1 unspecified atom stereocenters. The molecule has 0 spiro atoms. The van der Waals surface area contributed by atoms with Gasteiger partial charge < -0.3 is 14.2 Å². The summed E-state index contributed by atoms with van der Waals surface area (Å²) in [6.45, 7) is 11.5. The maximum Gasteiger partial charge on any atom is 0.306 e. The van der Waals surface area contributed by atoms with Crippen molar-refractivity contribution in [3.63, 3.8) is 0 Å². The first-order valence-corrected chi connectivity index (χ1v) is 31.3. The summed E-state index contributed by atoms with van der Waals surface area (Å²) in [5.74, 6) is 0.895. The van der Waals surface area contributed by atoms with Crippen LogP contribution in [-0.2, 0) is 28.6 Å². The molecule has 0 heterocycles. The van der Waals surface area contributed by atoms with Crippen LogP contribution < -0.4 is 0 Å². The number of rotatable bonds is 57. The zero-order valence-corrected chi connectivity index (χ0v) is 47.5. The van der Waals surface area contributed by atoms with Crippen LogP contribution in [0.4, 0.5) is 0 Å². The third-order valence-corrected chi connectivity index (χ3v) is 14.8. The van der Waals surface area contributed by atoms with Gasteiger partial charge in [-0.1, -0.05) is 317 Å². The molecule has 0 rings (SSSR count). The summed E-state index contributed by atoms with van der Waals surface area (Å²) in [5.41, 5.74) is 0. The van der Waals surface area contributed by atoms with E-state index in [2.05, 4.69) is 34.6 Å². The number of esters is 3. The Labute approximate surface area is 431 Å². The van der Waals surface area contributed by atoms with Gasteiger partial charge in [-0.2, -0.15) is 0 Å². The Bertz CT molecular complexity index is 1060. The summed E-state index contributed by atoms with van der Waals surface area (Å²) in [5, 5.41) is 0.